The van der Waals surface area contributed by atoms with Gasteiger partial charge in [0.25, 0.3) is 0 Å². The fourth-order valence-corrected chi connectivity index (χ4v) is 2.47. The fraction of sp³-hybridized carbons (Fsp3) is 0.412. The first kappa shape index (κ1) is 15.4. The van der Waals surface area contributed by atoms with E-state index in [0.29, 0.717) is 12.5 Å². The number of pyridine rings is 1. The average Bonchev–Trinajstić information content (AvgIpc) is 2.50. The number of rotatable bonds is 6. The van der Waals surface area contributed by atoms with Crippen molar-refractivity contribution in [1.29, 1.82) is 0 Å². The van der Waals surface area contributed by atoms with Crippen molar-refractivity contribution in [3.63, 3.8) is 0 Å². The van der Waals surface area contributed by atoms with Crippen LogP contribution >= 0.6 is 0 Å². The molecule has 2 N–H and O–H groups in total. The summed E-state index contributed by atoms with van der Waals surface area (Å²) in [6.07, 6.45) is 2.64. The van der Waals surface area contributed by atoms with Crippen LogP contribution in [0.25, 0.3) is 10.9 Å². The number of carbonyl (C=O) groups is 1. The molecular weight excluding hydrogens is 262 g/mol. The molecule has 0 saturated carbocycles. The van der Waals surface area contributed by atoms with Gasteiger partial charge < -0.3 is 10.6 Å². The van der Waals surface area contributed by atoms with Crippen LogP contribution in [0.5, 0.6) is 0 Å². The van der Waals surface area contributed by atoms with E-state index in [1.165, 1.54) is 5.56 Å². The maximum absolute atomic E-state index is 11.9. The zero-order chi connectivity index (χ0) is 15.2. The zero-order valence-electron chi connectivity index (χ0n) is 12.9. The van der Waals surface area contributed by atoms with E-state index in [9.17, 15) is 4.79 Å². The van der Waals surface area contributed by atoms with Gasteiger partial charge in [0.1, 0.15) is 0 Å². The van der Waals surface area contributed by atoms with Crippen LogP contribution in [0.2, 0.25) is 0 Å². The van der Waals surface area contributed by atoms with E-state index in [-0.39, 0.29) is 11.9 Å². The Hall–Kier alpha value is -1.94. The van der Waals surface area contributed by atoms with Crippen molar-refractivity contribution in [2.75, 3.05) is 7.05 Å². The van der Waals surface area contributed by atoms with Crippen molar-refractivity contribution in [2.45, 2.75) is 32.9 Å². The lowest BCUT2D eigenvalue weighted by Crippen LogP contribution is -2.43. The van der Waals surface area contributed by atoms with E-state index < -0.39 is 0 Å². The molecule has 0 spiro atoms. The topological polar surface area (TPSA) is 54.0 Å². The van der Waals surface area contributed by atoms with Crippen molar-refractivity contribution in [3.8, 4) is 0 Å². The van der Waals surface area contributed by atoms with Gasteiger partial charge in [-0.3, -0.25) is 9.78 Å². The van der Waals surface area contributed by atoms with Gasteiger partial charge in [-0.2, -0.15) is 0 Å². The SMILES string of the molecule is CNC(=O)C(CC(C)C)NCc1ccnc2ccccc12. The summed E-state index contributed by atoms with van der Waals surface area (Å²) in [6.45, 7) is 4.91. The first-order chi connectivity index (χ1) is 10.1. The number of hydrogen-bond acceptors (Lipinski definition) is 3. The van der Waals surface area contributed by atoms with Gasteiger partial charge in [0.2, 0.25) is 5.91 Å². The molecular formula is C17H23N3O. The molecule has 0 bridgehead atoms. The molecule has 21 heavy (non-hydrogen) atoms. The third-order valence-electron chi connectivity index (χ3n) is 3.55. The van der Waals surface area contributed by atoms with Crippen LogP contribution in [0.4, 0.5) is 0 Å². The lowest BCUT2D eigenvalue weighted by atomic mass is 10.0. The molecule has 1 unspecified atom stereocenters. The quantitative estimate of drug-likeness (QED) is 0.857. The highest BCUT2D eigenvalue weighted by molar-refractivity contribution is 5.83. The Bertz CT molecular complexity index is 605. The fourth-order valence-electron chi connectivity index (χ4n) is 2.47. The molecule has 1 heterocycles. The molecule has 2 rings (SSSR count). The van der Waals surface area contributed by atoms with Gasteiger partial charge >= 0.3 is 0 Å². The summed E-state index contributed by atoms with van der Waals surface area (Å²) in [5.41, 5.74) is 2.15. The second kappa shape index (κ2) is 7.18. The van der Waals surface area contributed by atoms with Crippen molar-refractivity contribution in [1.82, 2.24) is 15.6 Å². The molecule has 0 saturated heterocycles. The molecule has 2 aromatic rings. The van der Waals surface area contributed by atoms with Crippen molar-refractivity contribution in [3.05, 3.63) is 42.1 Å². The molecule has 1 atom stereocenters. The highest BCUT2D eigenvalue weighted by Crippen LogP contribution is 2.16. The summed E-state index contributed by atoms with van der Waals surface area (Å²) < 4.78 is 0. The summed E-state index contributed by atoms with van der Waals surface area (Å²) in [6, 6.07) is 9.91. The Morgan fingerprint density at radius 3 is 2.71 bits per heavy atom. The molecule has 1 amide bonds. The number of carbonyl (C=O) groups excluding carboxylic acids is 1. The molecule has 0 aliphatic carbocycles. The molecule has 1 aromatic carbocycles. The first-order valence-corrected chi connectivity index (χ1v) is 7.39. The van der Waals surface area contributed by atoms with Crippen LogP contribution in [0.1, 0.15) is 25.8 Å². The Kier molecular flexibility index (Phi) is 5.28. The maximum atomic E-state index is 11.9. The Morgan fingerprint density at radius 1 is 1.24 bits per heavy atom. The second-order valence-corrected chi connectivity index (χ2v) is 5.66. The third-order valence-corrected chi connectivity index (χ3v) is 3.55. The minimum absolute atomic E-state index is 0.0436. The monoisotopic (exact) mass is 285 g/mol. The minimum Gasteiger partial charge on any atom is -0.358 e. The van der Waals surface area contributed by atoms with Crippen LogP contribution in [0.15, 0.2) is 36.5 Å². The number of likely N-dealkylation sites (N-methyl/N-ethyl adjacent to an activating group) is 1. The average molecular weight is 285 g/mol. The number of para-hydroxylation sites is 1. The van der Waals surface area contributed by atoms with E-state index in [0.717, 1.165) is 17.3 Å². The van der Waals surface area contributed by atoms with E-state index in [1.54, 1.807) is 7.05 Å². The lowest BCUT2D eigenvalue weighted by Gasteiger charge is -2.19. The van der Waals surface area contributed by atoms with Crippen molar-refractivity contribution < 1.29 is 4.79 Å². The van der Waals surface area contributed by atoms with Gasteiger partial charge in [-0.05, 0) is 30.0 Å². The van der Waals surface area contributed by atoms with Crippen LogP contribution in [0.3, 0.4) is 0 Å². The highest BCUT2D eigenvalue weighted by Gasteiger charge is 2.18. The van der Waals surface area contributed by atoms with Crippen molar-refractivity contribution in [2.24, 2.45) is 5.92 Å². The van der Waals surface area contributed by atoms with Gasteiger partial charge in [0.05, 0.1) is 11.6 Å². The highest BCUT2D eigenvalue weighted by atomic mass is 16.2. The number of nitrogens with zero attached hydrogens (tertiary/aromatic N) is 1. The smallest absolute Gasteiger partial charge is 0.236 e. The number of hydrogen-bond donors (Lipinski definition) is 2. The summed E-state index contributed by atoms with van der Waals surface area (Å²) in [5, 5.41) is 7.23. The molecule has 4 nitrogen and oxygen atoms in total. The van der Waals surface area contributed by atoms with E-state index in [2.05, 4.69) is 35.5 Å². The molecule has 0 fully saturated rings. The molecule has 4 heteroatoms. The van der Waals surface area contributed by atoms with Gasteiger partial charge in [-0.1, -0.05) is 32.0 Å². The number of benzene rings is 1. The Morgan fingerprint density at radius 2 is 2.00 bits per heavy atom. The van der Waals surface area contributed by atoms with Gasteiger partial charge in [0.15, 0.2) is 0 Å². The number of nitrogens with one attached hydrogen (secondary N) is 2. The summed E-state index contributed by atoms with van der Waals surface area (Å²) >= 11 is 0. The van der Waals surface area contributed by atoms with E-state index in [4.69, 9.17) is 0 Å². The minimum atomic E-state index is -0.165. The number of fused-ring (bicyclic) bond motifs is 1. The summed E-state index contributed by atoms with van der Waals surface area (Å²) in [7, 11) is 1.68. The second-order valence-electron chi connectivity index (χ2n) is 5.66. The van der Waals surface area contributed by atoms with Crippen LogP contribution in [0, 0.1) is 5.92 Å². The molecule has 0 radical (unpaired) electrons. The molecule has 0 aliphatic rings. The maximum Gasteiger partial charge on any atom is 0.236 e. The summed E-state index contributed by atoms with van der Waals surface area (Å²) in [5.74, 6) is 0.510. The normalized spacial score (nSPS) is 12.6. The standard InChI is InChI=1S/C17H23N3O/c1-12(2)10-16(17(21)18-3)20-11-13-8-9-19-15-7-5-4-6-14(13)15/h4-9,12,16,20H,10-11H2,1-3H3,(H,18,21). The van der Waals surface area contributed by atoms with Crippen molar-refractivity contribution >= 4 is 16.8 Å². The lowest BCUT2D eigenvalue weighted by molar-refractivity contribution is -0.123. The number of aromatic nitrogens is 1. The van der Waals surface area contributed by atoms with Gasteiger partial charge in [-0.15, -0.1) is 0 Å². The van der Waals surface area contributed by atoms with E-state index >= 15 is 0 Å². The molecule has 1 aromatic heterocycles. The summed E-state index contributed by atoms with van der Waals surface area (Å²) in [4.78, 5) is 16.3. The van der Waals surface area contributed by atoms with Gasteiger partial charge in [-0.25, -0.2) is 0 Å². The van der Waals surface area contributed by atoms with Crippen LogP contribution in [-0.4, -0.2) is 24.0 Å². The van der Waals surface area contributed by atoms with Gasteiger partial charge in [0, 0.05) is 25.2 Å². The van der Waals surface area contributed by atoms with Crippen LogP contribution < -0.4 is 10.6 Å². The predicted octanol–water partition coefficient (Wildman–Crippen LogP) is 2.49. The molecule has 0 aliphatic heterocycles. The zero-order valence-corrected chi connectivity index (χ0v) is 12.9. The molecule has 112 valence electrons. The Labute approximate surface area is 126 Å². The third kappa shape index (κ3) is 4.02. The predicted molar refractivity (Wildman–Crippen MR) is 85.9 cm³/mol. The van der Waals surface area contributed by atoms with Crippen LogP contribution in [-0.2, 0) is 11.3 Å². The largest absolute Gasteiger partial charge is 0.358 e. The van der Waals surface area contributed by atoms with E-state index in [1.807, 2.05) is 30.5 Å². The number of amides is 1. The Balaban J connectivity index is 2.13. The first-order valence-electron chi connectivity index (χ1n) is 7.39.